The van der Waals surface area contributed by atoms with Gasteiger partial charge in [0.1, 0.15) is 17.4 Å². The van der Waals surface area contributed by atoms with Gasteiger partial charge in [0, 0.05) is 29.6 Å². The van der Waals surface area contributed by atoms with Crippen LogP contribution in [0.5, 0.6) is 5.75 Å². The average Bonchev–Trinajstić information content (AvgIpc) is 3.45. The van der Waals surface area contributed by atoms with Crippen LogP contribution < -0.4 is 10.1 Å². The molecule has 0 aliphatic heterocycles. The Morgan fingerprint density at radius 3 is 2.22 bits per heavy atom. The van der Waals surface area contributed by atoms with Crippen molar-refractivity contribution < 1.29 is 27.8 Å². The zero-order valence-corrected chi connectivity index (χ0v) is 25.1. The number of fused-ring (bicyclic) bond motifs is 1. The maximum Gasteiger partial charge on any atom is 0.305 e. The zero-order valence-electron chi connectivity index (χ0n) is 25.1. The summed E-state index contributed by atoms with van der Waals surface area (Å²) >= 11 is 0. The first-order valence-corrected chi connectivity index (χ1v) is 14.8. The maximum absolute atomic E-state index is 13.8. The van der Waals surface area contributed by atoms with E-state index >= 15 is 0 Å². The van der Waals surface area contributed by atoms with Gasteiger partial charge in [-0.05, 0) is 97.1 Å². The predicted molar refractivity (Wildman–Crippen MR) is 172 cm³/mol. The lowest BCUT2D eigenvalue weighted by Crippen LogP contribution is -2.11. The summed E-state index contributed by atoms with van der Waals surface area (Å²) in [5.74, 6) is -0.710. The normalized spacial score (nSPS) is 11.5. The number of esters is 1. The standard InChI is InChI=1S/C37H34F2N2O4/c1-3-44-36(43)9-6-22-45-34-8-5-4-7-32(34)40-35(42)23-25(2)28-14-19-33-29(24-28)20-21-41(33)37(26-10-15-30(38)16-11-26)27-12-17-31(39)18-13-27/h4-5,7-8,10-21,23-24,37H,3,6,9,22H2,1-2H3,(H,40,42)/b25-23+. The fraction of sp³-hybridized carbons (Fsp3) is 0.189. The van der Waals surface area contributed by atoms with Crippen molar-refractivity contribution in [2.75, 3.05) is 18.5 Å². The molecule has 0 saturated carbocycles. The number of halogens is 2. The van der Waals surface area contributed by atoms with Gasteiger partial charge in [0.05, 0.1) is 24.9 Å². The molecule has 5 rings (SSSR count). The lowest BCUT2D eigenvalue weighted by atomic mass is 9.98. The number of hydrogen-bond acceptors (Lipinski definition) is 4. The molecule has 5 aromatic rings. The van der Waals surface area contributed by atoms with Gasteiger partial charge in [0.15, 0.2) is 0 Å². The van der Waals surface area contributed by atoms with Gasteiger partial charge in [-0.2, -0.15) is 0 Å². The lowest BCUT2D eigenvalue weighted by molar-refractivity contribution is -0.143. The molecule has 1 aromatic heterocycles. The van der Waals surface area contributed by atoms with E-state index in [1.165, 1.54) is 30.3 Å². The summed E-state index contributed by atoms with van der Waals surface area (Å²) in [4.78, 5) is 24.6. The number of hydrogen-bond donors (Lipinski definition) is 1. The molecule has 1 amide bonds. The minimum atomic E-state index is -0.327. The quantitative estimate of drug-likeness (QED) is 0.0879. The third-order valence-electron chi connectivity index (χ3n) is 7.41. The fourth-order valence-corrected chi connectivity index (χ4v) is 5.21. The molecule has 0 spiro atoms. The summed E-state index contributed by atoms with van der Waals surface area (Å²) in [6.07, 6.45) is 4.26. The molecule has 0 atom stereocenters. The third kappa shape index (κ3) is 7.84. The smallest absolute Gasteiger partial charge is 0.305 e. The Labute approximate surface area is 260 Å². The van der Waals surface area contributed by atoms with Crippen LogP contribution in [-0.4, -0.2) is 29.7 Å². The lowest BCUT2D eigenvalue weighted by Gasteiger charge is -2.22. The summed E-state index contributed by atoms with van der Waals surface area (Å²) in [6.45, 7) is 4.29. The molecule has 0 aliphatic carbocycles. The molecular formula is C37H34F2N2O4. The average molecular weight is 609 g/mol. The number of rotatable bonds is 12. The van der Waals surface area contributed by atoms with Gasteiger partial charge >= 0.3 is 5.97 Å². The monoisotopic (exact) mass is 608 g/mol. The summed E-state index contributed by atoms with van der Waals surface area (Å²) in [5, 5.41) is 3.85. The molecule has 0 fully saturated rings. The van der Waals surface area contributed by atoms with Crippen LogP contribution in [-0.2, 0) is 14.3 Å². The van der Waals surface area contributed by atoms with Crippen molar-refractivity contribution in [1.82, 2.24) is 4.57 Å². The Kier molecular flexibility index (Phi) is 10.0. The highest BCUT2D eigenvalue weighted by Crippen LogP contribution is 2.33. The number of ether oxygens (including phenoxy) is 2. The van der Waals surface area contributed by atoms with Gasteiger partial charge in [-0.3, -0.25) is 9.59 Å². The molecule has 0 unspecified atom stereocenters. The van der Waals surface area contributed by atoms with E-state index in [1.807, 2.05) is 43.5 Å². The molecule has 0 bridgehead atoms. The Morgan fingerprint density at radius 2 is 1.56 bits per heavy atom. The van der Waals surface area contributed by atoms with Crippen LogP contribution in [0.15, 0.2) is 109 Å². The summed E-state index contributed by atoms with van der Waals surface area (Å²) in [7, 11) is 0. The number of aromatic nitrogens is 1. The molecule has 0 saturated heterocycles. The minimum absolute atomic E-state index is 0.261. The molecule has 6 nitrogen and oxygen atoms in total. The van der Waals surface area contributed by atoms with E-state index in [0.29, 0.717) is 31.1 Å². The number of amides is 1. The van der Waals surface area contributed by atoms with Crippen molar-refractivity contribution in [3.63, 3.8) is 0 Å². The van der Waals surface area contributed by atoms with Gasteiger partial charge in [-0.1, -0.05) is 42.5 Å². The number of nitrogens with zero attached hydrogens (tertiary/aromatic N) is 1. The Morgan fingerprint density at radius 1 is 0.889 bits per heavy atom. The second kappa shape index (κ2) is 14.5. The summed E-state index contributed by atoms with van der Waals surface area (Å²) in [6, 6.07) is 27.4. The Bertz CT molecular complexity index is 1770. The van der Waals surface area contributed by atoms with Crippen LogP contribution in [0.1, 0.15) is 49.4 Å². The molecule has 0 radical (unpaired) electrons. The van der Waals surface area contributed by atoms with E-state index in [4.69, 9.17) is 9.47 Å². The first kappa shape index (κ1) is 31.2. The van der Waals surface area contributed by atoms with E-state index in [9.17, 15) is 18.4 Å². The second-order valence-corrected chi connectivity index (χ2v) is 10.6. The Hall–Kier alpha value is -5.24. The molecule has 45 heavy (non-hydrogen) atoms. The maximum atomic E-state index is 13.8. The highest BCUT2D eigenvalue weighted by atomic mass is 19.1. The number of benzene rings is 4. The summed E-state index contributed by atoms with van der Waals surface area (Å²) in [5.41, 5.74) is 4.83. The van der Waals surface area contributed by atoms with E-state index in [2.05, 4.69) is 9.88 Å². The molecule has 0 aliphatic rings. The van der Waals surface area contributed by atoms with Gasteiger partial charge in [0.2, 0.25) is 5.91 Å². The predicted octanol–water partition coefficient (Wildman–Crippen LogP) is 8.32. The largest absolute Gasteiger partial charge is 0.491 e. The zero-order chi connectivity index (χ0) is 31.8. The van der Waals surface area contributed by atoms with Crippen molar-refractivity contribution in [3.8, 4) is 5.75 Å². The van der Waals surface area contributed by atoms with E-state index in [1.54, 1.807) is 49.4 Å². The van der Waals surface area contributed by atoms with Crippen molar-refractivity contribution in [1.29, 1.82) is 0 Å². The molecule has 1 heterocycles. The van der Waals surface area contributed by atoms with Crippen LogP contribution in [0.25, 0.3) is 16.5 Å². The number of nitrogens with one attached hydrogen (secondary N) is 1. The molecule has 1 N–H and O–H groups in total. The Balaban J connectivity index is 1.33. The van der Waals surface area contributed by atoms with Crippen molar-refractivity contribution in [2.24, 2.45) is 0 Å². The highest BCUT2D eigenvalue weighted by molar-refractivity contribution is 6.05. The first-order valence-electron chi connectivity index (χ1n) is 14.8. The van der Waals surface area contributed by atoms with Crippen molar-refractivity contribution in [3.05, 3.63) is 138 Å². The van der Waals surface area contributed by atoms with Crippen molar-refractivity contribution in [2.45, 2.75) is 32.7 Å². The second-order valence-electron chi connectivity index (χ2n) is 10.6. The topological polar surface area (TPSA) is 69.6 Å². The number of anilines is 1. The van der Waals surface area contributed by atoms with Crippen LogP contribution >= 0.6 is 0 Å². The number of carbonyl (C=O) groups excluding carboxylic acids is 2. The highest BCUT2D eigenvalue weighted by Gasteiger charge is 2.19. The first-order chi connectivity index (χ1) is 21.8. The van der Waals surface area contributed by atoms with E-state index in [0.717, 1.165) is 33.2 Å². The number of para-hydroxylation sites is 2. The van der Waals surface area contributed by atoms with Crippen LogP contribution in [0, 0.1) is 11.6 Å². The van der Waals surface area contributed by atoms with Gasteiger partial charge in [-0.15, -0.1) is 0 Å². The van der Waals surface area contributed by atoms with Crippen LogP contribution in [0.3, 0.4) is 0 Å². The fourth-order valence-electron chi connectivity index (χ4n) is 5.21. The van der Waals surface area contributed by atoms with Gasteiger partial charge in [-0.25, -0.2) is 8.78 Å². The van der Waals surface area contributed by atoms with Crippen molar-refractivity contribution >= 4 is 34.0 Å². The van der Waals surface area contributed by atoms with Gasteiger partial charge in [0.25, 0.3) is 0 Å². The summed E-state index contributed by atoms with van der Waals surface area (Å²) < 4.78 is 40.3. The van der Waals surface area contributed by atoms with Crippen LogP contribution in [0.2, 0.25) is 0 Å². The third-order valence-corrected chi connectivity index (χ3v) is 7.41. The van der Waals surface area contributed by atoms with E-state index in [-0.39, 0.29) is 36.0 Å². The molecular weight excluding hydrogens is 574 g/mol. The van der Waals surface area contributed by atoms with Gasteiger partial charge < -0.3 is 19.4 Å². The number of allylic oxidation sites excluding steroid dienone is 1. The van der Waals surface area contributed by atoms with Crippen LogP contribution in [0.4, 0.5) is 14.5 Å². The SMILES string of the molecule is CCOC(=O)CCCOc1ccccc1NC(=O)/C=C(\C)c1ccc2c(ccn2C(c2ccc(F)cc2)c2ccc(F)cc2)c1. The molecule has 230 valence electrons. The molecule has 4 aromatic carbocycles. The minimum Gasteiger partial charge on any atom is -0.491 e. The van der Waals surface area contributed by atoms with E-state index < -0.39 is 0 Å². The molecule has 8 heteroatoms. The number of carbonyl (C=O) groups is 2.